The summed E-state index contributed by atoms with van der Waals surface area (Å²) in [6, 6.07) is 3.61. The number of nitro groups is 1. The number of carbonyl (C=O) groups is 1. The molecule has 0 saturated heterocycles. The Morgan fingerprint density at radius 1 is 1.61 bits per heavy atom. The molecular weight excluding hydrogens is 322 g/mol. The number of carbonyl (C=O) groups excluding carboxylic acids is 1. The van der Waals surface area contributed by atoms with Crippen molar-refractivity contribution in [3.8, 4) is 0 Å². The van der Waals surface area contributed by atoms with Crippen molar-refractivity contribution in [3.63, 3.8) is 0 Å². The van der Waals surface area contributed by atoms with Gasteiger partial charge in [-0.3, -0.25) is 4.79 Å². The van der Waals surface area contributed by atoms with Gasteiger partial charge in [-0.25, -0.2) is 0 Å². The van der Waals surface area contributed by atoms with Crippen molar-refractivity contribution in [2.45, 2.75) is 13.5 Å². The molecule has 0 aliphatic rings. The Balaban J connectivity index is 2.17. The molecule has 0 saturated carbocycles. The second-order valence-electron chi connectivity index (χ2n) is 3.59. The predicted molar refractivity (Wildman–Crippen MR) is 70.0 cm³/mol. The van der Waals surface area contributed by atoms with Crippen molar-refractivity contribution in [2.75, 3.05) is 0 Å². The normalized spacial score (nSPS) is 10.6. The van der Waals surface area contributed by atoms with Gasteiger partial charge in [-0.05, 0) is 39.9 Å². The Labute approximate surface area is 115 Å². The molecule has 0 aliphatic carbocycles. The van der Waals surface area contributed by atoms with Gasteiger partial charge in [0.05, 0.1) is 16.2 Å². The van der Waals surface area contributed by atoms with Crippen LogP contribution in [0.3, 0.4) is 0 Å². The van der Waals surface area contributed by atoms with E-state index in [4.69, 9.17) is 0 Å². The topological polar surface area (TPSA) is 78.0 Å². The molecule has 0 fully saturated rings. The highest BCUT2D eigenvalue weighted by Crippen LogP contribution is 2.22. The van der Waals surface area contributed by atoms with Gasteiger partial charge in [0, 0.05) is 4.88 Å². The van der Waals surface area contributed by atoms with Gasteiger partial charge in [0.25, 0.3) is 0 Å². The van der Waals surface area contributed by atoms with E-state index in [1.165, 1.54) is 22.2 Å². The summed E-state index contributed by atoms with van der Waals surface area (Å²) in [5, 5.41) is 14.3. The van der Waals surface area contributed by atoms with Crippen LogP contribution in [0.25, 0.3) is 0 Å². The van der Waals surface area contributed by atoms with Crippen LogP contribution in [-0.2, 0) is 6.54 Å². The Bertz CT molecular complexity index is 620. The van der Waals surface area contributed by atoms with Crippen molar-refractivity contribution in [1.29, 1.82) is 0 Å². The van der Waals surface area contributed by atoms with E-state index in [1.54, 1.807) is 6.07 Å². The lowest BCUT2D eigenvalue weighted by atomic mass is 10.3. The summed E-state index contributed by atoms with van der Waals surface area (Å²) in [7, 11) is 0. The number of hydrogen-bond donors (Lipinski definition) is 0. The van der Waals surface area contributed by atoms with Crippen LogP contribution in [0, 0.1) is 17.0 Å². The van der Waals surface area contributed by atoms with E-state index in [0.717, 1.165) is 4.88 Å². The Morgan fingerprint density at radius 2 is 2.33 bits per heavy atom. The summed E-state index contributed by atoms with van der Waals surface area (Å²) in [6.07, 6.45) is 1.43. The second-order valence-corrected chi connectivity index (χ2v) is 5.73. The molecular formula is C10H8BrN3O3S. The molecule has 0 bridgehead atoms. The number of rotatable bonds is 4. The fraction of sp³-hybridized carbons (Fsp3) is 0.200. The maximum Gasteiger partial charge on any atom is 0.404 e. The van der Waals surface area contributed by atoms with Crippen LogP contribution in [0.15, 0.2) is 22.8 Å². The third-order valence-electron chi connectivity index (χ3n) is 2.19. The van der Waals surface area contributed by atoms with Crippen molar-refractivity contribution in [3.05, 3.63) is 42.7 Å². The van der Waals surface area contributed by atoms with Crippen LogP contribution in [0.5, 0.6) is 0 Å². The van der Waals surface area contributed by atoms with Gasteiger partial charge in [-0.1, -0.05) is 0 Å². The zero-order valence-electron chi connectivity index (χ0n) is 9.29. The summed E-state index contributed by atoms with van der Waals surface area (Å²) in [5.74, 6) is -0.400. The van der Waals surface area contributed by atoms with Gasteiger partial charge in [-0.2, -0.15) is 4.68 Å². The number of nitrogens with zero attached hydrogens (tertiary/aromatic N) is 3. The van der Waals surface area contributed by atoms with Gasteiger partial charge in [0.1, 0.15) is 11.0 Å². The fourth-order valence-corrected chi connectivity index (χ4v) is 2.66. The van der Waals surface area contributed by atoms with E-state index < -0.39 is 4.92 Å². The largest absolute Gasteiger partial charge is 0.404 e. The van der Waals surface area contributed by atoms with Crippen LogP contribution in [0.1, 0.15) is 14.5 Å². The molecule has 0 aromatic carbocycles. The van der Waals surface area contributed by atoms with Crippen molar-refractivity contribution < 1.29 is 9.72 Å². The molecule has 0 N–H and O–H groups in total. The van der Waals surface area contributed by atoms with E-state index in [-0.39, 0.29) is 22.6 Å². The molecule has 2 rings (SSSR count). The molecule has 0 radical (unpaired) electrons. The minimum atomic E-state index is -0.597. The maximum atomic E-state index is 11.9. The SMILES string of the molecule is Cc1ccc(C(=O)Cn2cc(Br)c([N+](=O)[O-])n2)s1. The third kappa shape index (κ3) is 2.65. The average molecular weight is 330 g/mol. The first-order chi connectivity index (χ1) is 8.47. The number of Topliss-reactive ketones (excluding diaryl/α,β-unsaturated/α-hetero) is 1. The highest BCUT2D eigenvalue weighted by Gasteiger charge is 2.20. The first kappa shape index (κ1) is 12.9. The minimum Gasteiger partial charge on any atom is -0.358 e. The zero-order chi connectivity index (χ0) is 13.3. The van der Waals surface area contributed by atoms with E-state index >= 15 is 0 Å². The van der Waals surface area contributed by atoms with Gasteiger partial charge < -0.3 is 10.1 Å². The van der Waals surface area contributed by atoms with Crippen LogP contribution in [-0.4, -0.2) is 20.5 Å². The molecule has 0 spiro atoms. The van der Waals surface area contributed by atoms with Gasteiger partial charge in [0.2, 0.25) is 0 Å². The number of thiophene rings is 1. The highest BCUT2D eigenvalue weighted by molar-refractivity contribution is 9.10. The van der Waals surface area contributed by atoms with Gasteiger partial charge >= 0.3 is 5.82 Å². The van der Waals surface area contributed by atoms with Crippen LogP contribution >= 0.6 is 27.3 Å². The number of aromatic nitrogens is 2. The van der Waals surface area contributed by atoms with Crippen LogP contribution < -0.4 is 0 Å². The first-order valence-electron chi connectivity index (χ1n) is 4.94. The molecule has 8 heteroatoms. The monoisotopic (exact) mass is 329 g/mol. The quantitative estimate of drug-likeness (QED) is 0.491. The first-order valence-corrected chi connectivity index (χ1v) is 6.55. The Morgan fingerprint density at radius 3 is 2.83 bits per heavy atom. The lowest BCUT2D eigenvalue weighted by molar-refractivity contribution is -0.390. The lowest BCUT2D eigenvalue weighted by Crippen LogP contribution is -2.09. The predicted octanol–water partition coefficient (Wildman–Crippen LogP) is 2.81. The summed E-state index contributed by atoms with van der Waals surface area (Å²) in [6.45, 7) is 1.91. The van der Waals surface area contributed by atoms with E-state index in [2.05, 4.69) is 21.0 Å². The van der Waals surface area contributed by atoms with E-state index in [9.17, 15) is 14.9 Å². The number of halogens is 1. The molecule has 0 unspecified atom stereocenters. The van der Waals surface area contributed by atoms with Crippen molar-refractivity contribution in [2.24, 2.45) is 0 Å². The molecule has 18 heavy (non-hydrogen) atoms. The van der Waals surface area contributed by atoms with Crippen molar-refractivity contribution >= 4 is 38.9 Å². The molecule has 94 valence electrons. The Kier molecular flexibility index (Phi) is 3.58. The molecule has 2 aromatic heterocycles. The summed E-state index contributed by atoms with van der Waals surface area (Å²) in [4.78, 5) is 23.6. The number of aryl methyl sites for hydroxylation is 1. The molecule has 2 heterocycles. The number of ketones is 1. The minimum absolute atomic E-state index is 0.00755. The maximum absolute atomic E-state index is 11.9. The summed E-state index contributed by atoms with van der Waals surface area (Å²) in [5.41, 5.74) is 0. The Hall–Kier alpha value is -1.54. The molecule has 2 aromatic rings. The van der Waals surface area contributed by atoms with Crippen molar-refractivity contribution in [1.82, 2.24) is 9.78 Å². The zero-order valence-corrected chi connectivity index (χ0v) is 11.7. The standard InChI is InChI=1S/C10H8BrN3O3S/c1-6-2-3-9(18-6)8(15)5-13-4-7(11)10(12-13)14(16)17/h2-4H,5H2,1H3. The molecule has 0 aliphatic heterocycles. The molecule has 6 nitrogen and oxygen atoms in total. The van der Waals surface area contributed by atoms with Gasteiger partial charge in [-0.15, -0.1) is 11.3 Å². The third-order valence-corrected chi connectivity index (χ3v) is 3.79. The smallest absolute Gasteiger partial charge is 0.358 e. The van der Waals surface area contributed by atoms with Crippen LogP contribution in [0.2, 0.25) is 0 Å². The molecule has 0 amide bonds. The second kappa shape index (κ2) is 4.99. The average Bonchev–Trinajstić information content (AvgIpc) is 2.85. The molecule has 0 atom stereocenters. The summed E-state index contributed by atoms with van der Waals surface area (Å²) >= 11 is 4.43. The summed E-state index contributed by atoms with van der Waals surface area (Å²) < 4.78 is 1.53. The number of hydrogen-bond acceptors (Lipinski definition) is 5. The lowest BCUT2D eigenvalue weighted by Gasteiger charge is -1.94. The van der Waals surface area contributed by atoms with E-state index in [1.807, 2.05) is 13.0 Å². The highest BCUT2D eigenvalue weighted by atomic mass is 79.9. The fourth-order valence-electron chi connectivity index (χ4n) is 1.40. The van der Waals surface area contributed by atoms with Gasteiger partial charge in [0.15, 0.2) is 5.78 Å². The van der Waals surface area contributed by atoms with E-state index in [0.29, 0.717) is 4.88 Å². The van der Waals surface area contributed by atoms with Crippen LogP contribution in [0.4, 0.5) is 5.82 Å².